The highest BCUT2D eigenvalue weighted by atomic mass is 16.5. The second-order valence-corrected chi connectivity index (χ2v) is 6.78. The minimum Gasteiger partial charge on any atom is -0.497 e. The SMILES string of the molecule is COc1ccc(C[C@H](N)CNc2ncc(-c3ccc4cnccc4c3)[nH]2)cc1. The van der Waals surface area contributed by atoms with E-state index in [1.54, 1.807) is 13.3 Å². The zero-order valence-electron chi connectivity index (χ0n) is 15.7. The van der Waals surface area contributed by atoms with Crippen LogP contribution in [0.2, 0.25) is 0 Å². The Labute approximate surface area is 163 Å². The van der Waals surface area contributed by atoms with E-state index in [0.717, 1.165) is 40.1 Å². The highest BCUT2D eigenvalue weighted by molar-refractivity contribution is 5.86. The van der Waals surface area contributed by atoms with Crippen molar-refractivity contribution in [3.05, 3.63) is 72.7 Å². The fourth-order valence-corrected chi connectivity index (χ4v) is 3.17. The lowest BCUT2D eigenvalue weighted by Gasteiger charge is -2.12. The summed E-state index contributed by atoms with van der Waals surface area (Å²) in [7, 11) is 1.66. The molecule has 2 aromatic carbocycles. The molecule has 4 aromatic rings. The largest absolute Gasteiger partial charge is 0.497 e. The summed E-state index contributed by atoms with van der Waals surface area (Å²) in [5.74, 6) is 1.57. The number of nitrogens with one attached hydrogen (secondary N) is 2. The first-order valence-electron chi connectivity index (χ1n) is 9.23. The summed E-state index contributed by atoms with van der Waals surface area (Å²) in [4.78, 5) is 11.9. The highest BCUT2D eigenvalue weighted by Gasteiger charge is 2.08. The Bertz CT molecular complexity index is 1060. The minimum atomic E-state index is -0.0184. The Balaban J connectivity index is 1.37. The van der Waals surface area contributed by atoms with Crippen molar-refractivity contribution in [3.8, 4) is 17.0 Å². The molecule has 142 valence electrons. The quantitative estimate of drug-likeness (QED) is 0.460. The summed E-state index contributed by atoms with van der Waals surface area (Å²) in [5, 5.41) is 5.56. The van der Waals surface area contributed by atoms with Gasteiger partial charge in [-0.2, -0.15) is 0 Å². The van der Waals surface area contributed by atoms with E-state index in [4.69, 9.17) is 10.5 Å². The number of rotatable bonds is 7. The van der Waals surface area contributed by atoms with E-state index in [1.807, 2.05) is 42.7 Å². The third kappa shape index (κ3) is 4.13. The first kappa shape index (κ1) is 18.0. The molecule has 4 N–H and O–H groups in total. The van der Waals surface area contributed by atoms with Crippen molar-refractivity contribution in [3.63, 3.8) is 0 Å². The molecule has 0 spiro atoms. The third-order valence-electron chi connectivity index (χ3n) is 4.72. The highest BCUT2D eigenvalue weighted by Crippen LogP contribution is 2.23. The molecule has 0 amide bonds. The average molecular weight is 373 g/mol. The zero-order chi connectivity index (χ0) is 19.3. The number of methoxy groups -OCH3 is 1. The van der Waals surface area contributed by atoms with Crippen LogP contribution in [0, 0.1) is 0 Å². The number of hydrogen-bond acceptors (Lipinski definition) is 5. The van der Waals surface area contributed by atoms with Crippen molar-refractivity contribution in [2.75, 3.05) is 19.0 Å². The topological polar surface area (TPSA) is 88.8 Å². The molecule has 0 radical (unpaired) electrons. The van der Waals surface area contributed by atoms with E-state index < -0.39 is 0 Å². The smallest absolute Gasteiger partial charge is 0.200 e. The Morgan fingerprint density at radius 2 is 1.93 bits per heavy atom. The maximum absolute atomic E-state index is 6.26. The van der Waals surface area contributed by atoms with Crippen molar-refractivity contribution >= 4 is 16.7 Å². The number of anilines is 1. The van der Waals surface area contributed by atoms with E-state index in [-0.39, 0.29) is 6.04 Å². The van der Waals surface area contributed by atoms with Gasteiger partial charge in [-0.1, -0.05) is 24.3 Å². The van der Waals surface area contributed by atoms with Crippen LogP contribution in [0.1, 0.15) is 5.56 Å². The molecule has 2 aromatic heterocycles. The zero-order valence-corrected chi connectivity index (χ0v) is 15.7. The second kappa shape index (κ2) is 8.10. The van der Waals surface area contributed by atoms with Crippen LogP contribution in [0.3, 0.4) is 0 Å². The molecule has 28 heavy (non-hydrogen) atoms. The molecule has 6 nitrogen and oxygen atoms in total. The van der Waals surface area contributed by atoms with Crippen molar-refractivity contribution in [2.45, 2.75) is 12.5 Å². The number of benzene rings is 2. The molecule has 0 saturated heterocycles. The average Bonchev–Trinajstić information content (AvgIpc) is 3.21. The lowest BCUT2D eigenvalue weighted by molar-refractivity contribution is 0.414. The van der Waals surface area contributed by atoms with Crippen molar-refractivity contribution < 1.29 is 4.74 Å². The van der Waals surface area contributed by atoms with E-state index in [9.17, 15) is 0 Å². The molecule has 0 fully saturated rings. The normalized spacial score (nSPS) is 12.1. The Morgan fingerprint density at radius 3 is 2.75 bits per heavy atom. The van der Waals surface area contributed by atoms with E-state index >= 15 is 0 Å². The number of H-pyrrole nitrogens is 1. The van der Waals surface area contributed by atoms with Crippen LogP contribution < -0.4 is 15.8 Å². The van der Waals surface area contributed by atoms with Crippen molar-refractivity contribution in [1.82, 2.24) is 15.0 Å². The molecular weight excluding hydrogens is 350 g/mol. The van der Waals surface area contributed by atoms with Crippen LogP contribution in [0.4, 0.5) is 5.95 Å². The standard InChI is InChI=1S/C22H23N5O/c1-28-20-6-2-15(3-7-20)10-19(23)13-25-22-26-14-21(27-22)17-4-5-18-12-24-9-8-16(18)11-17/h2-9,11-12,14,19H,10,13,23H2,1H3,(H2,25,26,27)/t19-/m0/s1. The maximum Gasteiger partial charge on any atom is 0.200 e. The van der Waals surface area contributed by atoms with Crippen molar-refractivity contribution in [1.29, 1.82) is 0 Å². The molecule has 4 rings (SSSR count). The molecule has 0 aliphatic rings. The first-order chi connectivity index (χ1) is 13.7. The van der Waals surface area contributed by atoms with Crippen molar-refractivity contribution in [2.24, 2.45) is 5.73 Å². The molecule has 0 unspecified atom stereocenters. The van der Waals surface area contributed by atoms with Crippen LogP contribution in [0.15, 0.2) is 67.1 Å². The van der Waals surface area contributed by atoms with Gasteiger partial charge in [-0.3, -0.25) is 4.98 Å². The summed E-state index contributed by atoms with van der Waals surface area (Å²) in [5.41, 5.74) is 9.49. The van der Waals surface area contributed by atoms with Gasteiger partial charge in [-0.05, 0) is 41.6 Å². The van der Waals surface area contributed by atoms with Gasteiger partial charge in [0.15, 0.2) is 0 Å². The lowest BCUT2D eigenvalue weighted by atomic mass is 10.1. The van der Waals surface area contributed by atoms with Crippen LogP contribution >= 0.6 is 0 Å². The van der Waals surface area contributed by atoms with Gasteiger partial charge in [0.05, 0.1) is 19.0 Å². The molecule has 6 heteroatoms. The number of fused-ring (bicyclic) bond motifs is 1. The number of aromatic amines is 1. The number of aromatic nitrogens is 3. The van der Waals surface area contributed by atoms with Gasteiger partial charge < -0.3 is 20.8 Å². The Kier molecular flexibility index (Phi) is 5.21. The minimum absolute atomic E-state index is 0.0184. The van der Waals surface area contributed by atoms with Gasteiger partial charge in [0.2, 0.25) is 5.95 Å². The summed E-state index contributed by atoms with van der Waals surface area (Å²) in [6.45, 7) is 0.627. The van der Waals surface area contributed by atoms with Crippen LogP contribution in [0.25, 0.3) is 22.0 Å². The van der Waals surface area contributed by atoms with Gasteiger partial charge in [0, 0.05) is 35.9 Å². The third-order valence-corrected chi connectivity index (χ3v) is 4.72. The van der Waals surface area contributed by atoms with Gasteiger partial charge in [0.1, 0.15) is 5.75 Å². The Morgan fingerprint density at radius 1 is 1.07 bits per heavy atom. The summed E-state index contributed by atoms with van der Waals surface area (Å²) < 4.78 is 5.18. The van der Waals surface area contributed by atoms with E-state index in [0.29, 0.717) is 6.54 Å². The molecule has 0 saturated carbocycles. The summed E-state index contributed by atoms with van der Waals surface area (Å²) in [6.07, 6.45) is 6.28. The van der Waals surface area contributed by atoms with E-state index in [2.05, 4.69) is 38.5 Å². The summed E-state index contributed by atoms with van der Waals surface area (Å²) in [6, 6.07) is 16.2. The lowest BCUT2D eigenvalue weighted by Crippen LogP contribution is -2.31. The van der Waals surface area contributed by atoms with Crippen LogP contribution in [-0.2, 0) is 6.42 Å². The monoisotopic (exact) mass is 373 g/mol. The van der Waals surface area contributed by atoms with E-state index in [1.165, 1.54) is 5.56 Å². The number of nitrogens with two attached hydrogens (primary N) is 1. The number of pyridine rings is 1. The molecular formula is C22H23N5O. The number of nitrogens with zero attached hydrogens (tertiary/aromatic N) is 2. The molecule has 1 atom stereocenters. The number of hydrogen-bond donors (Lipinski definition) is 3. The fraction of sp³-hybridized carbons (Fsp3) is 0.182. The maximum atomic E-state index is 6.26. The fourth-order valence-electron chi connectivity index (χ4n) is 3.17. The predicted octanol–water partition coefficient (Wildman–Crippen LogP) is 3.62. The number of imidazole rings is 1. The molecule has 0 aliphatic carbocycles. The van der Waals surface area contributed by atoms with Gasteiger partial charge in [0.25, 0.3) is 0 Å². The van der Waals surface area contributed by atoms with Gasteiger partial charge >= 0.3 is 0 Å². The second-order valence-electron chi connectivity index (χ2n) is 6.78. The van der Waals surface area contributed by atoms with Gasteiger partial charge in [-0.15, -0.1) is 0 Å². The number of ether oxygens (including phenoxy) is 1. The summed E-state index contributed by atoms with van der Waals surface area (Å²) >= 11 is 0. The van der Waals surface area contributed by atoms with Gasteiger partial charge in [-0.25, -0.2) is 4.98 Å². The molecule has 0 aliphatic heterocycles. The predicted molar refractivity (Wildman–Crippen MR) is 112 cm³/mol. The molecule has 0 bridgehead atoms. The molecule has 2 heterocycles. The van der Waals surface area contributed by atoms with Crippen LogP contribution in [0.5, 0.6) is 5.75 Å². The van der Waals surface area contributed by atoms with Crippen LogP contribution in [-0.4, -0.2) is 34.6 Å². The first-order valence-corrected chi connectivity index (χ1v) is 9.23. The Hall–Kier alpha value is -3.38.